The zero-order valence-corrected chi connectivity index (χ0v) is 10.8. The molecule has 0 radical (unpaired) electrons. The van der Waals surface area contributed by atoms with Gasteiger partial charge in [0.15, 0.2) is 0 Å². The Morgan fingerprint density at radius 2 is 2.19 bits per heavy atom. The molecule has 2 N–H and O–H groups in total. The molecule has 1 rings (SSSR count). The van der Waals surface area contributed by atoms with Crippen molar-refractivity contribution in [3.63, 3.8) is 0 Å². The standard InChI is InChI=1S/C12H24N2O2/c1-9-10(6-5-7-13-9)8-14-11(15)16-12(2,3)4/h9-10,13H,5-8H2,1-4H3,(H,14,15)/t9-,10-/m1/s1. The zero-order chi connectivity index (χ0) is 12.2. The van der Waals surface area contributed by atoms with Gasteiger partial charge in [0.05, 0.1) is 0 Å². The summed E-state index contributed by atoms with van der Waals surface area (Å²) in [6, 6.07) is 0.476. The van der Waals surface area contributed by atoms with Crippen molar-refractivity contribution in [1.82, 2.24) is 10.6 Å². The van der Waals surface area contributed by atoms with Crippen LogP contribution in [0.2, 0.25) is 0 Å². The lowest BCUT2D eigenvalue weighted by Gasteiger charge is -2.30. The van der Waals surface area contributed by atoms with E-state index in [2.05, 4.69) is 17.6 Å². The number of carbonyl (C=O) groups is 1. The van der Waals surface area contributed by atoms with Crippen LogP contribution in [0.25, 0.3) is 0 Å². The van der Waals surface area contributed by atoms with Crippen molar-refractivity contribution in [2.75, 3.05) is 13.1 Å². The second-order valence-corrected chi connectivity index (χ2v) is 5.53. The molecule has 0 bridgehead atoms. The van der Waals surface area contributed by atoms with E-state index in [0.29, 0.717) is 18.5 Å². The first kappa shape index (κ1) is 13.3. The molecule has 0 saturated carbocycles. The van der Waals surface area contributed by atoms with Crippen LogP contribution >= 0.6 is 0 Å². The molecule has 2 atom stereocenters. The van der Waals surface area contributed by atoms with Crippen molar-refractivity contribution in [2.24, 2.45) is 5.92 Å². The van der Waals surface area contributed by atoms with Gasteiger partial charge in [-0.05, 0) is 53.0 Å². The Morgan fingerprint density at radius 1 is 1.50 bits per heavy atom. The quantitative estimate of drug-likeness (QED) is 0.759. The fraction of sp³-hybridized carbons (Fsp3) is 0.917. The van der Waals surface area contributed by atoms with Crippen molar-refractivity contribution in [1.29, 1.82) is 0 Å². The van der Waals surface area contributed by atoms with E-state index in [1.807, 2.05) is 20.8 Å². The number of nitrogens with one attached hydrogen (secondary N) is 2. The molecule has 0 spiro atoms. The SMILES string of the molecule is C[C@H]1NCCC[C@@H]1CNC(=O)OC(C)(C)C. The summed E-state index contributed by atoms with van der Waals surface area (Å²) in [5.41, 5.74) is -0.416. The molecule has 16 heavy (non-hydrogen) atoms. The van der Waals surface area contributed by atoms with Gasteiger partial charge in [-0.2, -0.15) is 0 Å². The van der Waals surface area contributed by atoms with Crippen molar-refractivity contribution in [3.8, 4) is 0 Å². The molecule has 0 unspecified atom stereocenters. The van der Waals surface area contributed by atoms with E-state index >= 15 is 0 Å². The zero-order valence-electron chi connectivity index (χ0n) is 10.8. The second-order valence-electron chi connectivity index (χ2n) is 5.53. The molecule has 4 nitrogen and oxygen atoms in total. The molecule has 0 aromatic heterocycles. The summed E-state index contributed by atoms with van der Waals surface area (Å²) in [4.78, 5) is 11.5. The molecule has 0 aromatic carbocycles. The second kappa shape index (κ2) is 5.53. The van der Waals surface area contributed by atoms with Crippen LogP contribution in [0.4, 0.5) is 4.79 Å². The van der Waals surface area contributed by atoms with Crippen molar-refractivity contribution >= 4 is 6.09 Å². The molecule has 94 valence electrons. The third-order valence-corrected chi connectivity index (χ3v) is 2.83. The van der Waals surface area contributed by atoms with Crippen LogP contribution in [0.3, 0.4) is 0 Å². The molecule has 0 aromatic rings. The number of carbonyl (C=O) groups excluding carboxylic acids is 1. The Labute approximate surface area is 98.1 Å². The average Bonchev–Trinajstić information content (AvgIpc) is 2.14. The van der Waals surface area contributed by atoms with Crippen LogP contribution in [0.5, 0.6) is 0 Å². The predicted octanol–water partition coefficient (Wildman–Crippen LogP) is 1.90. The van der Waals surface area contributed by atoms with Gasteiger partial charge < -0.3 is 15.4 Å². The van der Waals surface area contributed by atoms with Crippen molar-refractivity contribution in [3.05, 3.63) is 0 Å². The van der Waals surface area contributed by atoms with Gasteiger partial charge in [0.2, 0.25) is 0 Å². The molecular formula is C12H24N2O2. The summed E-state index contributed by atoms with van der Waals surface area (Å²) in [6.07, 6.45) is 2.04. The maximum atomic E-state index is 11.5. The summed E-state index contributed by atoms with van der Waals surface area (Å²) in [5, 5.41) is 6.25. The number of rotatable bonds is 2. The maximum Gasteiger partial charge on any atom is 0.407 e. The highest BCUT2D eigenvalue weighted by Crippen LogP contribution is 2.15. The van der Waals surface area contributed by atoms with Gasteiger partial charge >= 0.3 is 6.09 Å². The van der Waals surface area contributed by atoms with Crippen LogP contribution < -0.4 is 10.6 Å². The minimum Gasteiger partial charge on any atom is -0.444 e. The highest BCUT2D eigenvalue weighted by Gasteiger charge is 2.22. The Hall–Kier alpha value is -0.770. The molecule has 1 fully saturated rings. The fourth-order valence-corrected chi connectivity index (χ4v) is 1.92. The monoisotopic (exact) mass is 228 g/mol. The normalized spacial score (nSPS) is 26.2. The molecule has 0 aliphatic carbocycles. The fourth-order valence-electron chi connectivity index (χ4n) is 1.92. The maximum absolute atomic E-state index is 11.5. The summed E-state index contributed by atoms with van der Waals surface area (Å²) >= 11 is 0. The first-order valence-corrected chi connectivity index (χ1v) is 6.09. The molecule has 1 saturated heterocycles. The van der Waals surface area contributed by atoms with E-state index in [-0.39, 0.29) is 6.09 Å². The molecule has 1 heterocycles. The summed E-state index contributed by atoms with van der Waals surface area (Å²) in [5.74, 6) is 0.515. The van der Waals surface area contributed by atoms with Gasteiger partial charge in [-0.15, -0.1) is 0 Å². The molecule has 1 amide bonds. The Kier molecular flexibility index (Phi) is 4.59. The third kappa shape index (κ3) is 4.84. The van der Waals surface area contributed by atoms with Gasteiger partial charge in [0.1, 0.15) is 5.60 Å². The van der Waals surface area contributed by atoms with Gasteiger partial charge in [-0.25, -0.2) is 4.79 Å². The van der Waals surface area contributed by atoms with E-state index in [1.54, 1.807) is 0 Å². The minimum atomic E-state index is -0.416. The highest BCUT2D eigenvalue weighted by molar-refractivity contribution is 5.67. The highest BCUT2D eigenvalue weighted by atomic mass is 16.6. The predicted molar refractivity (Wildman–Crippen MR) is 64.4 cm³/mol. The number of alkyl carbamates (subject to hydrolysis) is 1. The summed E-state index contributed by atoms with van der Waals surface area (Å²) < 4.78 is 5.19. The largest absolute Gasteiger partial charge is 0.444 e. The van der Waals surface area contributed by atoms with E-state index < -0.39 is 5.60 Å². The molecular weight excluding hydrogens is 204 g/mol. The van der Waals surface area contributed by atoms with Crippen LogP contribution in [0.15, 0.2) is 0 Å². The molecule has 1 aliphatic rings. The topological polar surface area (TPSA) is 50.4 Å². The smallest absolute Gasteiger partial charge is 0.407 e. The lowest BCUT2D eigenvalue weighted by Crippen LogP contribution is -2.45. The summed E-state index contributed by atoms with van der Waals surface area (Å²) in [6.45, 7) is 9.57. The number of piperidine rings is 1. The van der Waals surface area contributed by atoms with Crippen LogP contribution in [0.1, 0.15) is 40.5 Å². The number of ether oxygens (including phenoxy) is 1. The lowest BCUT2D eigenvalue weighted by atomic mass is 9.92. The Balaban J connectivity index is 2.25. The first-order valence-electron chi connectivity index (χ1n) is 6.09. The van der Waals surface area contributed by atoms with E-state index in [4.69, 9.17) is 4.74 Å². The van der Waals surface area contributed by atoms with E-state index in [1.165, 1.54) is 12.8 Å². The molecule has 4 heteroatoms. The van der Waals surface area contributed by atoms with Crippen LogP contribution in [0, 0.1) is 5.92 Å². The minimum absolute atomic E-state index is 0.315. The van der Waals surface area contributed by atoms with Gasteiger partial charge in [0.25, 0.3) is 0 Å². The lowest BCUT2D eigenvalue weighted by molar-refractivity contribution is 0.0512. The third-order valence-electron chi connectivity index (χ3n) is 2.83. The summed E-state index contributed by atoms with van der Waals surface area (Å²) in [7, 11) is 0. The van der Waals surface area contributed by atoms with E-state index in [0.717, 1.165) is 6.54 Å². The van der Waals surface area contributed by atoms with E-state index in [9.17, 15) is 4.79 Å². The molecule has 1 aliphatic heterocycles. The van der Waals surface area contributed by atoms with Gasteiger partial charge in [0, 0.05) is 12.6 Å². The van der Waals surface area contributed by atoms with Gasteiger partial charge in [-0.3, -0.25) is 0 Å². The Bertz CT molecular complexity index is 236. The average molecular weight is 228 g/mol. The van der Waals surface area contributed by atoms with Crippen molar-refractivity contribution in [2.45, 2.75) is 52.2 Å². The Morgan fingerprint density at radius 3 is 2.75 bits per heavy atom. The number of hydrogen-bond donors (Lipinski definition) is 2. The van der Waals surface area contributed by atoms with Crippen molar-refractivity contribution < 1.29 is 9.53 Å². The number of hydrogen-bond acceptors (Lipinski definition) is 3. The van der Waals surface area contributed by atoms with Gasteiger partial charge in [-0.1, -0.05) is 0 Å². The first-order chi connectivity index (χ1) is 7.38. The van der Waals surface area contributed by atoms with Crippen LogP contribution in [-0.2, 0) is 4.74 Å². The van der Waals surface area contributed by atoms with Crippen LogP contribution in [-0.4, -0.2) is 30.8 Å². The number of amides is 1.